The molecule has 9 heteroatoms. The predicted molar refractivity (Wildman–Crippen MR) is 137 cm³/mol. The third-order valence-corrected chi connectivity index (χ3v) is 6.56. The van der Waals surface area contributed by atoms with E-state index >= 15 is 0 Å². The fourth-order valence-electron chi connectivity index (χ4n) is 3.52. The molecule has 0 aromatic heterocycles. The summed E-state index contributed by atoms with van der Waals surface area (Å²) in [6.07, 6.45) is 1.35. The monoisotopic (exact) mass is 600 g/mol. The first kappa shape index (κ1) is 24.8. The Kier molecular flexibility index (Phi) is 7.18. The van der Waals surface area contributed by atoms with Gasteiger partial charge in [0.2, 0.25) is 0 Å². The maximum Gasteiger partial charge on any atom is 0.335 e. The molecule has 178 valence electrons. The Morgan fingerprint density at radius 1 is 1.00 bits per heavy atom. The van der Waals surface area contributed by atoms with Crippen molar-refractivity contribution in [1.82, 2.24) is 5.32 Å². The van der Waals surface area contributed by atoms with Crippen LogP contribution in [0.4, 0.5) is 14.9 Å². The van der Waals surface area contributed by atoms with E-state index in [9.17, 15) is 18.8 Å². The van der Waals surface area contributed by atoms with Gasteiger partial charge in [-0.3, -0.25) is 14.9 Å². The van der Waals surface area contributed by atoms with Crippen molar-refractivity contribution in [2.24, 2.45) is 0 Å². The first-order valence-corrected chi connectivity index (χ1v) is 12.1. The first-order chi connectivity index (χ1) is 16.7. The summed E-state index contributed by atoms with van der Waals surface area (Å²) in [5.41, 5.74) is 2.73. The molecular formula is C26H19Br2FN2O4. The number of halogens is 3. The van der Waals surface area contributed by atoms with E-state index in [0.717, 1.165) is 16.0 Å². The number of carbonyl (C=O) groups is 3. The number of urea groups is 1. The van der Waals surface area contributed by atoms with Crippen molar-refractivity contribution < 1.29 is 23.5 Å². The zero-order valence-corrected chi connectivity index (χ0v) is 21.9. The third-order valence-electron chi connectivity index (χ3n) is 5.52. The number of hydrogen-bond donors (Lipinski definition) is 1. The highest BCUT2D eigenvalue weighted by Crippen LogP contribution is 2.36. The van der Waals surface area contributed by atoms with Crippen LogP contribution in [0.2, 0.25) is 0 Å². The van der Waals surface area contributed by atoms with Gasteiger partial charge in [0, 0.05) is 15.6 Å². The molecule has 6 nitrogen and oxygen atoms in total. The Morgan fingerprint density at radius 3 is 2.46 bits per heavy atom. The fraction of sp³-hybridized carbons (Fsp3) is 0.115. The normalized spacial score (nSPS) is 14.9. The van der Waals surface area contributed by atoms with Crippen molar-refractivity contribution in [2.75, 3.05) is 4.90 Å². The van der Waals surface area contributed by atoms with Gasteiger partial charge in [0.15, 0.2) is 0 Å². The van der Waals surface area contributed by atoms with Gasteiger partial charge in [-0.15, -0.1) is 0 Å². The second kappa shape index (κ2) is 10.1. The van der Waals surface area contributed by atoms with Crippen LogP contribution in [-0.4, -0.2) is 17.8 Å². The number of carbonyl (C=O) groups excluding carboxylic acids is 3. The Labute approximate surface area is 218 Å². The molecule has 1 heterocycles. The Morgan fingerprint density at radius 2 is 1.74 bits per heavy atom. The van der Waals surface area contributed by atoms with E-state index in [1.54, 1.807) is 48.5 Å². The van der Waals surface area contributed by atoms with Gasteiger partial charge in [-0.1, -0.05) is 40.2 Å². The zero-order valence-electron chi connectivity index (χ0n) is 18.7. The summed E-state index contributed by atoms with van der Waals surface area (Å²) >= 11 is 6.83. The van der Waals surface area contributed by atoms with Crippen molar-refractivity contribution in [3.8, 4) is 5.75 Å². The first-order valence-electron chi connectivity index (χ1n) is 10.5. The van der Waals surface area contributed by atoms with Gasteiger partial charge in [-0.05, 0) is 77.3 Å². The largest absolute Gasteiger partial charge is 0.487 e. The standard InChI is InChI=1S/C26H19Br2FN2O4/c1-14-7-8-19(9-15(14)2)31-25(33)20(24(32)30-26(31)34)11-17-10-18(27)12-21(28)23(17)35-13-16-5-3-4-6-22(16)29/h3-12H,13H2,1-2H3,(H,30,32,34)/b20-11+. The van der Waals surface area contributed by atoms with Crippen LogP contribution < -0.4 is 15.0 Å². The highest BCUT2D eigenvalue weighted by molar-refractivity contribution is 9.11. The lowest BCUT2D eigenvalue weighted by atomic mass is 10.0. The molecule has 35 heavy (non-hydrogen) atoms. The third kappa shape index (κ3) is 5.21. The van der Waals surface area contributed by atoms with Gasteiger partial charge in [0.1, 0.15) is 23.7 Å². The maximum atomic E-state index is 14.1. The lowest BCUT2D eigenvalue weighted by molar-refractivity contribution is -0.122. The molecule has 0 aliphatic carbocycles. The van der Waals surface area contributed by atoms with Crippen molar-refractivity contribution in [2.45, 2.75) is 20.5 Å². The Balaban J connectivity index is 1.73. The van der Waals surface area contributed by atoms with Crippen LogP contribution in [0.15, 0.2) is 69.1 Å². The van der Waals surface area contributed by atoms with Crippen LogP contribution in [0.1, 0.15) is 22.3 Å². The van der Waals surface area contributed by atoms with Gasteiger partial charge in [0.25, 0.3) is 11.8 Å². The second-order valence-corrected chi connectivity index (χ2v) is 9.68. The van der Waals surface area contributed by atoms with Crippen molar-refractivity contribution in [3.63, 3.8) is 0 Å². The minimum absolute atomic E-state index is 0.0729. The minimum atomic E-state index is -0.827. The van der Waals surface area contributed by atoms with Gasteiger partial charge in [-0.2, -0.15) is 0 Å². The fourth-order valence-corrected chi connectivity index (χ4v) is 4.89. The molecule has 0 atom stereocenters. The van der Waals surface area contributed by atoms with Gasteiger partial charge in [0.05, 0.1) is 10.2 Å². The minimum Gasteiger partial charge on any atom is -0.487 e. The SMILES string of the molecule is Cc1ccc(N2C(=O)NC(=O)/C(=C\c3cc(Br)cc(Br)c3OCc3ccccc3F)C2=O)cc1C. The summed E-state index contributed by atoms with van der Waals surface area (Å²) in [5, 5.41) is 2.22. The number of hydrogen-bond acceptors (Lipinski definition) is 4. The molecule has 1 aliphatic rings. The highest BCUT2D eigenvalue weighted by Gasteiger charge is 2.37. The molecule has 0 bridgehead atoms. The molecule has 0 saturated carbocycles. The van der Waals surface area contributed by atoms with E-state index in [2.05, 4.69) is 37.2 Å². The van der Waals surface area contributed by atoms with Crippen molar-refractivity contribution >= 4 is 61.5 Å². The molecule has 3 aromatic rings. The second-order valence-electron chi connectivity index (χ2n) is 7.91. The van der Waals surface area contributed by atoms with E-state index in [4.69, 9.17) is 4.74 Å². The molecular weight excluding hydrogens is 583 g/mol. The van der Waals surface area contributed by atoms with Crippen LogP contribution in [0.5, 0.6) is 5.75 Å². The number of ether oxygens (including phenoxy) is 1. The topological polar surface area (TPSA) is 75.7 Å². The molecule has 1 aliphatic heterocycles. The molecule has 1 saturated heterocycles. The number of nitrogens with one attached hydrogen (secondary N) is 1. The van der Waals surface area contributed by atoms with E-state index in [0.29, 0.717) is 31.5 Å². The Hall–Kier alpha value is -3.30. The molecule has 0 radical (unpaired) electrons. The summed E-state index contributed by atoms with van der Waals surface area (Å²) in [6, 6.07) is 13.9. The Bertz CT molecular complexity index is 1400. The molecule has 4 rings (SSSR count). The highest BCUT2D eigenvalue weighted by atomic mass is 79.9. The summed E-state index contributed by atoms with van der Waals surface area (Å²) in [6.45, 7) is 3.71. The van der Waals surface area contributed by atoms with E-state index in [-0.39, 0.29) is 12.2 Å². The summed E-state index contributed by atoms with van der Waals surface area (Å²) in [5.74, 6) is -1.70. The molecule has 4 amide bonds. The average molecular weight is 602 g/mol. The number of barbiturate groups is 1. The van der Waals surface area contributed by atoms with Crippen molar-refractivity contribution in [1.29, 1.82) is 0 Å². The molecule has 1 fully saturated rings. The predicted octanol–water partition coefficient (Wildman–Crippen LogP) is 6.21. The number of amides is 4. The van der Waals surface area contributed by atoms with Gasteiger partial charge < -0.3 is 4.74 Å². The number of nitrogens with zero attached hydrogens (tertiary/aromatic N) is 1. The number of aryl methyl sites for hydroxylation is 2. The van der Waals surface area contributed by atoms with Crippen LogP contribution in [0, 0.1) is 19.7 Å². The lowest BCUT2D eigenvalue weighted by Crippen LogP contribution is -2.54. The maximum absolute atomic E-state index is 14.1. The van der Waals surface area contributed by atoms with Crippen LogP contribution in [0.3, 0.4) is 0 Å². The number of benzene rings is 3. The molecule has 0 spiro atoms. The number of imide groups is 2. The summed E-state index contributed by atoms with van der Waals surface area (Å²) < 4.78 is 21.1. The van der Waals surface area contributed by atoms with E-state index < -0.39 is 23.7 Å². The summed E-state index contributed by atoms with van der Waals surface area (Å²) in [7, 11) is 0. The van der Waals surface area contributed by atoms with Crippen LogP contribution in [-0.2, 0) is 16.2 Å². The number of anilines is 1. The molecule has 0 unspecified atom stereocenters. The van der Waals surface area contributed by atoms with Crippen molar-refractivity contribution in [3.05, 3.63) is 97.2 Å². The van der Waals surface area contributed by atoms with Gasteiger partial charge in [-0.25, -0.2) is 14.1 Å². The van der Waals surface area contributed by atoms with Crippen LogP contribution in [0.25, 0.3) is 6.08 Å². The molecule has 1 N–H and O–H groups in total. The molecule has 3 aromatic carbocycles. The smallest absolute Gasteiger partial charge is 0.335 e. The quantitative estimate of drug-likeness (QED) is 0.279. The van der Waals surface area contributed by atoms with Gasteiger partial charge >= 0.3 is 6.03 Å². The van der Waals surface area contributed by atoms with Crippen LogP contribution >= 0.6 is 31.9 Å². The van der Waals surface area contributed by atoms with E-state index in [1.807, 2.05) is 13.8 Å². The number of rotatable bonds is 5. The van der Waals surface area contributed by atoms with E-state index in [1.165, 1.54) is 12.1 Å². The average Bonchev–Trinajstić information content (AvgIpc) is 2.79. The zero-order chi connectivity index (χ0) is 25.3. The summed E-state index contributed by atoms with van der Waals surface area (Å²) in [4.78, 5) is 39.4. The lowest BCUT2D eigenvalue weighted by Gasteiger charge is -2.27.